The molecule has 7 heteroatoms. The second-order valence-electron chi connectivity index (χ2n) is 4.82. The Morgan fingerprint density at radius 1 is 1.22 bits per heavy atom. The average molecular weight is 495 g/mol. The van der Waals surface area contributed by atoms with Gasteiger partial charge in [-0.3, -0.25) is 0 Å². The zero-order chi connectivity index (χ0) is 15.8. The van der Waals surface area contributed by atoms with E-state index in [4.69, 9.17) is 0 Å². The normalized spacial score (nSPS) is 11.0. The number of rotatable bonds is 6. The minimum absolute atomic E-state index is 0. The first-order valence-electron chi connectivity index (χ1n) is 7.25. The summed E-state index contributed by atoms with van der Waals surface area (Å²) in [4.78, 5) is 4.48. The zero-order valence-corrected chi connectivity index (χ0v) is 16.8. The van der Waals surface area contributed by atoms with E-state index in [0.717, 1.165) is 35.6 Å². The van der Waals surface area contributed by atoms with Crippen LogP contribution in [-0.4, -0.2) is 23.6 Å². The Hall–Kier alpha value is -1.09. The lowest BCUT2D eigenvalue weighted by molar-refractivity contribution is 0.624. The molecule has 23 heavy (non-hydrogen) atoms. The van der Waals surface area contributed by atoms with Crippen molar-refractivity contribution in [3.8, 4) is 0 Å². The van der Waals surface area contributed by atoms with Crippen LogP contribution in [0.4, 0.5) is 4.39 Å². The minimum atomic E-state index is -0.259. The van der Waals surface area contributed by atoms with E-state index in [2.05, 4.69) is 36.1 Å². The Morgan fingerprint density at radius 2 is 1.96 bits per heavy atom. The van der Waals surface area contributed by atoms with Crippen LogP contribution in [0.15, 0.2) is 52.2 Å². The van der Waals surface area contributed by atoms with Gasteiger partial charge in [-0.05, 0) is 42.8 Å². The summed E-state index contributed by atoms with van der Waals surface area (Å²) in [5.41, 5.74) is 0.828. The van der Waals surface area contributed by atoms with Crippen molar-refractivity contribution in [1.29, 1.82) is 0 Å². The summed E-state index contributed by atoms with van der Waals surface area (Å²) in [6, 6.07) is 8.81. The Labute approximate surface area is 161 Å². The van der Waals surface area contributed by atoms with E-state index in [1.807, 2.05) is 37.5 Å². The molecule has 4 nitrogen and oxygen atoms in total. The van der Waals surface area contributed by atoms with Gasteiger partial charge in [0.2, 0.25) is 0 Å². The van der Waals surface area contributed by atoms with Crippen molar-refractivity contribution in [2.75, 3.05) is 13.1 Å². The van der Waals surface area contributed by atoms with Crippen LogP contribution in [-0.2, 0) is 13.1 Å². The summed E-state index contributed by atoms with van der Waals surface area (Å²) in [6.45, 7) is 4.86. The summed E-state index contributed by atoms with van der Waals surface area (Å²) in [5.74, 6) is 0.472. The molecule has 0 fully saturated rings. The van der Waals surface area contributed by atoms with Gasteiger partial charge in [0.15, 0.2) is 5.96 Å². The van der Waals surface area contributed by atoms with E-state index in [-0.39, 0.29) is 29.8 Å². The molecular weight excluding hydrogens is 474 g/mol. The third-order valence-corrected chi connectivity index (χ3v) is 3.47. The molecule has 0 saturated heterocycles. The van der Waals surface area contributed by atoms with Crippen molar-refractivity contribution in [2.24, 2.45) is 4.99 Å². The molecule has 0 spiro atoms. The molecule has 0 atom stereocenters. The lowest BCUT2D eigenvalue weighted by Crippen LogP contribution is -2.38. The molecule has 1 aromatic heterocycles. The molecule has 0 unspecified atom stereocenters. The smallest absolute Gasteiger partial charge is 0.191 e. The molecule has 1 aromatic carbocycles. The summed E-state index contributed by atoms with van der Waals surface area (Å²) in [6.07, 6.45) is 4.05. The zero-order valence-electron chi connectivity index (χ0n) is 12.9. The lowest BCUT2D eigenvalue weighted by atomic mass is 10.2. The second kappa shape index (κ2) is 10.6. The monoisotopic (exact) mass is 494 g/mol. The fourth-order valence-electron chi connectivity index (χ4n) is 2.04. The highest BCUT2D eigenvalue weighted by Gasteiger charge is 2.01. The van der Waals surface area contributed by atoms with Crippen LogP contribution in [0.2, 0.25) is 0 Å². The van der Waals surface area contributed by atoms with Gasteiger partial charge in [0, 0.05) is 36.5 Å². The topological polar surface area (TPSA) is 41.4 Å². The maximum atomic E-state index is 13.3. The first kappa shape index (κ1) is 20.0. The number of hydrogen-bond donors (Lipinski definition) is 2. The van der Waals surface area contributed by atoms with Crippen LogP contribution < -0.4 is 10.6 Å². The summed E-state index contributed by atoms with van der Waals surface area (Å²) < 4.78 is 16.2. The molecule has 0 radical (unpaired) electrons. The number of nitrogens with zero attached hydrogens (tertiary/aromatic N) is 2. The van der Waals surface area contributed by atoms with Crippen LogP contribution in [0.1, 0.15) is 12.5 Å². The largest absolute Gasteiger partial charge is 0.357 e. The summed E-state index contributed by atoms with van der Waals surface area (Å²) in [7, 11) is 0. The Morgan fingerprint density at radius 3 is 2.61 bits per heavy atom. The molecular formula is C16H21BrFIN4. The van der Waals surface area contributed by atoms with Gasteiger partial charge in [-0.15, -0.1) is 24.0 Å². The third-order valence-electron chi connectivity index (χ3n) is 3.01. The van der Waals surface area contributed by atoms with E-state index >= 15 is 0 Å². The number of benzene rings is 1. The number of halogens is 3. The van der Waals surface area contributed by atoms with Crippen LogP contribution in [0, 0.1) is 5.82 Å². The molecule has 2 rings (SSSR count). The quantitative estimate of drug-likeness (QED) is 0.364. The first-order chi connectivity index (χ1) is 10.7. The predicted octanol–water partition coefficient (Wildman–Crippen LogP) is 3.76. The molecule has 2 N–H and O–H groups in total. The summed E-state index contributed by atoms with van der Waals surface area (Å²) >= 11 is 3.29. The maximum absolute atomic E-state index is 13.3. The molecule has 0 aliphatic carbocycles. The third kappa shape index (κ3) is 7.34. The van der Waals surface area contributed by atoms with E-state index in [1.165, 1.54) is 12.1 Å². The van der Waals surface area contributed by atoms with Gasteiger partial charge in [-0.1, -0.05) is 15.9 Å². The number of aromatic nitrogens is 1. The molecule has 0 bridgehead atoms. The van der Waals surface area contributed by atoms with Crippen molar-refractivity contribution in [3.05, 3.63) is 58.6 Å². The van der Waals surface area contributed by atoms with Crippen LogP contribution in [0.25, 0.3) is 0 Å². The van der Waals surface area contributed by atoms with Crippen molar-refractivity contribution in [3.63, 3.8) is 0 Å². The van der Waals surface area contributed by atoms with Gasteiger partial charge in [-0.2, -0.15) is 0 Å². The van der Waals surface area contributed by atoms with E-state index in [0.29, 0.717) is 6.54 Å². The fourth-order valence-corrected chi connectivity index (χ4v) is 2.55. The highest BCUT2D eigenvalue weighted by Crippen LogP contribution is 2.15. The van der Waals surface area contributed by atoms with Gasteiger partial charge < -0.3 is 15.2 Å². The highest BCUT2D eigenvalue weighted by molar-refractivity contribution is 14.0. The molecule has 0 aliphatic heterocycles. The van der Waals surface area contributed by atoms with Crippen LogP contribution in [0.3, 0.4) is 0 Å². The first-order valence-corrected chi connectivity index (χ1v) is 8.04. The van der Waals surface area contributed by atoms with Gasteiger partial charge in [0.1, 0.15) is 5.82 Å². The van der Waals surface area contributed by atoms with Crippen LogP contribution >= 0.6 is 39.9 Å². The summed E-state index contributed by atoms with van der Waals surface area (Å²) in [5, 5.41) is 6.46. The molecule has 1 heterocycles. The van der Waals surface area contributed by atoms with Gasteiger partial charge >= 0.3 is 0 Å². The van der Waals surface area contributed by atoms with Gasteiger partial charge in [0.25, 0.3) is 0 Å². The van der Waals surface area contributed by atoms with Crippen molar-refractivity contribution in [2.45, 2.75) is 20.0 Å². The highest BCUT2D eigenvalue weighted by atomic mass is 127. The molecule has 0 aliphatic rings. The average Bonchev–Trinajstić information content (AvgIpc) is 2.97. The number of nitrogens with one attached hydrogen (secondary N) is 2. The van der Waals surface area contributed by atoms with Gasteiger partial charge in [-0.25, -0.2) is 9.38 Å². The maximum Gasteiger partial charge on any atom is 0.191 e. The predicted molar refractivity (Wildman–Crippen MR) is 107 cm³/mol. The number of aliphatic imine (C=N–C) groups is 1. The molecule has 0 amide bonds. The fraction of sp³-hybridized carbons (Fsp3) is 0.312. The van der Waals surface area contributed by atoms with Crippen LogP contribution in [0.5, 0.6) is 0 Å². The van der Waals surface area contributed by atoms with Gasteiger partial charge in [0.05, 0.1) is 6.54 Å². The minimum Gasteiger partial charge on any atom is -0.357 e. The molecule has 2 aromatic rings. The molecule has 126 valence electrons. The van der Waals surface area contributed by atoms with Crippen molar-refractivity contribution in [1.82, 2.24) is 15.2 Å². The Kier molecular flexibility index (Phi) is 9.23. The second-order valence-corrected chi connectivity index (χ2v) is 5.74. The standard InChI is InChI=1S/C16H20BrFN4.HI/c1-2-19-16(20-5-8-22-6-3-4-7-22)21-12-13-9-14(17)11-15(18)10-13;/h3-4,6-7,9-11H,2,5,8,12H2,1H3,(H2,19,20,21);1H. The molecule has 0 saturated carbocycles. The lowest BCUT2D eigenvalue weighted by Gasteiger charge is -2.12. The van der Waals surface area contributed by atoms with E-state index in [9.17, 15) is 4.39 Å². The Balaban J connectivity index is 0.00000264. The SMILES string of the molecule is CCNC(=NCc1cc(F)cc(Br)c1)NCCn1cccc1.I. The van der Waals surface area contributed by atoms with E-state index < -0.39 is 0 Å². The number of guanidine groups is 1. The van der Waals surface area contributed by atoms with E-state index in [1.54, 1.807) is 0 Å². The number of hydrogen-bond acceptors (Lipinski definition) is 1. The van der Waals surface area contributed by atoms with Crippen molar-refractivity contribution < 1.29 is 4.39 Å². The Bertz CT molecular complexity index is 596. The van der Waals surface area contributed by atoms with Crippen molar-refractivity contribution >= 4 is 45.9 Å².